The lowest BCUT2D eigenvalue weighted by Gasteiger charge is -2.27. The summed E-state index contributed by atoms with van der Waals surface area (Å²) in [6.45, 7) is 3.01. The Labute approximate surface area is 98.9 Å². The predicted molar refractivity (Wildman–Crippen MR) is 58.2 cm³/mol. The van der Waals surface area contributed by atoms with Crippen molar-refractivity contribution in [1.29, 1.82) is 0 Å². The van der Waals surface area contributed by atoms with Crippen molar-refractivity contribution in [2.45, 2.75) is 51.2 Å². The molecule has 0 aliphatic heterocycles. The number of alkyl halides is 3. The van der Waals surface area contributed by atoms with Crippen LogP contribution in [0.25, 0.3) is 0 Å². The van der Waals surface area contributed by atoms with E-state index in [9.17, 15) is 18.0 Å². The highest BCUT2D eigenvalue weighted by Gasteiger charge is 2.54. The van der Waals surface area contributed by atoms with E-state index in [1.807, 2.05) is 6.92 Å². The van der Waals surface area contributed by atoms with Crippen LogP contribution < -0.4 is 11.1 Å². The van der Waals surface area contributed by atoms with Crippen molar-refractivity contribution in [2.75, 3.05) is 6.54 Å². The number of carbonyl (C=O) groups is 1. The van der Waals surface area contributed by atoms with Gasteiger partial charge < -0.3 is 11.1 Å². The first kappa shape index (κ1) is 14.3. The number of halogens is 3. The Bertz CT molecular complexity index is 296. The molecule has 1 atom stereocenters. The number of hydrogen-bond acceptors (Lipinski definition) is 2. The summed E-state index contributed by atoms with van der Waals surface area (Å²) in [4.78, 5) is 11.4. The van der Waals surface area contributed by atoms with Crippen LogP contribution in [0.1, 0.15) is 39.5 Å². The van der Waals surface area contributed by atoms with E-state index in [0.29, 0.717) is 13.5 Å². The highest BCUT2D eigenvalue weighted by molar-refractivity contribution is 5.86. The Morgan fingerprint density at radius 1 is 1.41 bits per heavy atom. The van der Waals surface area contributed by atoms with E-state index in [2.05, 4.69) is 5.32 Å². The van der Waals surface area contributed by atoms with E-state index >= 15 is 0 Å². The molecule has 1 aliphatic carbocycles. The summed E-state index contributed by atoms with van der Waals surface area (Å²) in [6, 6.07) is 0. The molecule has 1 aliphatic rings. The van der Waals surface area contributed by atoms with Crippen LogP contribution in [-0.2, 0) is 4.79 Å². The van der Waals surface area contributed by atoms with Gasteiger partial charge in [0.2, 0.25) is 5.91 Å². The molecule has 0 aromatic carbocycles. The third-order valence-corrected chi connectivity index (χ3v) is 3.42. The molecular weight excluding hydrogens is 233 g/mol. The Hall–Kier alpha value is -0.780. The maximum atomic E-state index is 12.5. The minimum absolute atomic E-state index is 0.0199. The van der Waals surface area contributed by atoms with Gasteiger partial charge in [0, 0.05) is 6.54 Å². The lowest BCUT2D eigenvalue weighted by Crippen LogP contribution is -2.61. The third kappa shape index (κ3) is 3.12. The molecule has 1 rings (SSSR count). The average Bonchev–Trinajstić information content (AvgIpc) is 2.94. The normalized spacial score (nSPS) is 21.8. The van der Waals surface area contributed by atoms with Crippen LogP contribution in [0.15, 0.2) is 0 Å². The SMILES string of the molecule is CCCC1(CNC(=O)C(C)(N)C(F)(F)F)CC1. The Morgan fingerprint density at radius 2 is 1.94 bits per heavy atom. The Balaban J connectivity index is 2.50. The van der Waals surface area contributed by atoms with Gasteiger partial charge in [-0.3, -0.25) is 4.79 Å². The van der Waals surface area contributed by atoms with E-state index < -0.39 is 17.6 Å². The second kappa shape index (κ2) is 4.48. The molecule has 3 nitrogen and oxygen atoms in total. The average molecular weight is 252 g/mol. The number of amides is 1. The van der Waals surface area contributed by atoms with Crippen molar-refractivity contribution < 1.29 is 18.0 Å². The monoisotopic (exact) mass is 252 g/mol. The van der Waals surface area contributed by atoms with Crippen LogP contribution in [0.2, 0.25) is 0 Å². The maximum Gasteiger partial charge on any atom is 0.415 e. The van der Waals surface area contributed by atoms with Gasteiger partial charge in [-0.2, -0.15) is 13.2 Å². The lowest BCUT2D eigenvalue weighted by molar-refractivity contribution is -0.187. The fourth-order valence-corrected chi connectivity index (χ4v) is 1.80. The van der Waals surface area contributed by atoms with E-state index in [1.54, 1.807) is 0 Å². The molecule has 0 radical (unpaired) electrons. The van der Waals surface area contributed by atoms with Gasteiger partial charge in [0.05, 0.1) is 0 Å². The molecule has 0 bridgehead atoms. The molecule has 1 unspecified atom stereocenters. The van der Waals surface area contributed by atoms with Crippen molar-refractivity contribution in [3.8, 4) is 0 Å². The largest absolute Gasteiger partial charge is 0.415 e. The molecule has 0 aromatic rings. The zero-order valence-electron chi connectivity index (χ0n) is 10.2. The number of nitrogens with two attached hydrogens (primary N) is 1. The number of nitrogens with one attached hydrogen (secondary N) is 1. The van der Waals surface area contributed by atoms with Crippen LogP contribution in [0.4, 0.5) is 13.2 Å². The van der Waals surface area contributed by atoms with Gasteiger partial charge in [-0.1, -0.05) is 13.3 Å². The van der Waals surface area contributed by atoms with Gasteiger partial charge in [0.15, 0.2) is 5.54 Å². The molecule has 1 amide bonds. The first-order valence-electron chi connectivity index (χ1n) is 5.78. The van der Waals surface area contributed by atoms with Gasteiger partial charge in [-0.05, 0) is 31.6 Å². The Kier molecular flexibility index (Phi) is 3.76. The second-order valence-corrected chi connectivity index (χ2v) is 5.13. The molecule has 0 spiro atoms. The van der Waals surface area contributed by atoms with Crippen LogP contribution >= 0.6 is 0 Å². The minimum Gasteiger partial charge on any atom is -0.354 e. The van der Waals surface area contributed by atoms with Crippen LogP contribution in [0.5, 0.6) is 0 Å². The fourth-order valence-electron chi connectivity index (χ4n) is 1.80. The summed E-state index contributed by atoms with van der Waals surface area (Å²) in [5.41, 5.74) is 2.23. The first-order valence-corrected chi connectivity index (χ1v) is 5.78. The zero-order chi connectivity index (χ0) is 13.3. The van der Waals surface area contributed by atoms with Crippen LogP contribution in [-0.4, -0.2) is 24.2 Å². The van der Waals surface area contributed by atoms with Gasteiger partial charge in [0.1, 0.15) is 0 Å². The summed E-state index contributed by atoms with van der Waals surface area (Å²) in [5.74, 6) is -1.15. The van der Waals surface area contributed by atoms with Gasteiger partial charge in [-0.15, -0.1) is 0 Å². The number of hydrogen-bond donors (Lipinski definition) is 2. The molecule has 0 saturated heterocycles. The third-order valence-electron chi connectivity index (χ3n) is 3.42. The summed E-state index contributed by atoms with van der Waals surface area (Å²) < 4.78 is 37.4. The fraction of sp³-hybridized carbons (Fsp3) is 0.909. The maximum absolute atomic E-state index is 12.5. The topological polar surface area (TPSA) is 55.1 Å². The molecule has 0 aromatic heterocycles. The molecule has 17 heavy (non-hydrogen) atoms. The molecule has 100 valence electrons. The standard InChI is InChI=1S/C11H19F3N2O/c1-3-4-10(5-6-10)7-16-8(17)9(2,15)11(12,13)14/h3-7,15H2,1-2H3,(H,16,17). The van der Waals surface area contributed by atoms with Gasteiger partial charge in [0.25, 0.3) is 0 Å². The van der Waals surface area contributed by atoms with Gasteiger partial charge in [-0.25, -0.2) is 0 Å². The van der Waals surface area contributed by atoms with Crippen molar-refractivity contribution in [2.24, 2.45) is 11.1 Å². The van der Waals surface area contributed by atoms with Crippen LogP contribution in [0, 0.1) is 5.41 Å². The molecule has 1 fully saturated rings. The first-order chi connectivity index (χ1) is 7.65. The van der Waals surface area contributed by atoms with E-state index in [4.69, 9.17) is 5.73 Å². The van der Waals surface area contributed by atoms with Crippen molar-refractivity contribution in [1.82, 2.24) is 5.32 Å². The summed E-state index contributed by atoms with van der Waals surface area (Å²) in [7, 11) is 0. The van der Waals surface area contributed by atoms with Crippen LogP contribution in [0.3, 0.4) is 0 Å². The van der Waals surface area contributed by atoms with E-state index in [-0.39, 0.29) is 5.41 Å². The summed E-state index contributed by atoms with van der Waals surface area (Å²) in [6.07, 6.45) is -0.892. The summed E-state index contributed by atoms with van der Waals surface area (Å²) in [5, 5.41) is 2.33. The number of carbonyl (C=O) groups excluding carboxylic acids is 1. The lowest BCUT2D eigenvalue weighted by atomic mass is 9.98. The van der Waals surface area contributed by atoms with Crippen molar-refractivity contribution in [3.05, 3.63) is 0 Å². The quantitative estimate of drug-likeness (QED) is 0.786. The second-order valence-electron chi connectivity index (χ2n) is 5.13. The predicted octanol–water partition coefficient (Wildman–Crippen LogP) is 1.96. The smallest absolute Gasteiger partial charge is 0.354 e. The van der Waals surface area contributed by atoms with Crippen molar-refractivity contribution >= 4 is 5.91 Å². The van der Waals surface area contributed by atoms with E-state index in [1.165, 1.54) is 0 Å². The molecular formula is C11H19F3N2O. The Morgan fingerprint density at radius 3 is 2.29 bits per heavy atom. The van der Waals surface area contributed by atoms with Crippen molar-refractivity contribution in [3.63, 3.8) is 0 Å². The molecule has 6 heteroatoms. The molecule has 1 saturated carbocycles. The molecule has 3 N–H and O–H groups in total. The minimum atomic E-state index is -4.72. The summed E-state index contributed by atoms with van der Waals surface area (Å²) >= 11 is 0. The highest BCUT2D eigenvalue weighted by Crippen LogP contribution is 2.49. The van der Waals surface area contributed by atoms with E-state index in [0.717, 1.165) is 25.7 Å². The van der Waals surface area contributed by atoms with Gasteiger partial charge >= 0.3 is 6.18 Å². The molecule has 0 heterocycles. The zero-order valence-corrected chi connectivity index (χ0v) is 10.2. The highest BCUT2D eigenvalue weighted by atomic mass is 19.4. The number of rotatable bonds is 5.